The Morgan fingerprint density at radius 1 is 0.654 bits per heavy atom. The molecule has 6 aromatic rings. The second-order valence-electron chi connectivity index (χ2n) is 21.0. The molecular formula is C61H80Cl3IN2O8S3+2. The Hall–Kier alpha value is -3.51. The Morgan fingerprint density at radius 3 is 1.47 bits per heavy atom. The molecule has 0 unspecified atom stereocenters. The van der Waals surface area contributed by atoms with Gasteiger partial charge in [-0.1, -0.05) is 74.6 Å². The van der Waals surface area contributed by atoms with E-state index in [4.69, 9.17) is 49.0 Å². The lowest BCUT2D eigenvalue weighted by Crippen LogP contribution is -2.36. The smallest absolute Gasteiger partial charge is 0.337 e. The SMILES string of the molecule is CI.COC(=O)c1ccc2c(c1)c1c(n2Cc2ccc(OC)cc2)C(=O)CCC1(C)C.COc1ccc(Cn2c3c(c4cc(C(=O)O)ccc42)C(C)(C)CC2(CC2)C3=O)cc1.CSCCCl.C[S+](C)CCCl.C[S+](C)CCCl. The molecule has 9 rings (SSSR count). The molecule has 0 bridgehead atoms. The molecule has 0 radical (unpaired) electrons. The van der Waals surface area contributed by atoms with Gasteiger partial charge in [0.2, 0.25) is 0 Å². The van der Waals surface area contributed by atoms with E-state index in [-0.39, 0.29) is 39.3 Å². The maximum Gasteiger partial charge on any atom is 0.337 e. The maximum absolute atomic E-state index is 13.6. The molecule has 17 heteroatoms. The van der Waals surface area contributed by atoms with E-state index in [1.807, 2.05) is 77.9 Å². The van der Waals surface area contributed by atoms with E-state index in [0.717, 1.165) is 116 Å². The number of carbonyl (C=O) groups excluding carboxylic acids is 3. The number of fused-ring (bicyclic) bond motifs is 6. The van der Waals surface area contributed by atoms with Gasteiger partial charge in [-0.3, -0.25) is 9.59 Å². The fourth-order valence-electron chi connectivity index (χ4n) is 10.0. The normalized spacial score (nSPS) is 14.9. The number of benzene rings is 4. The van der Waals surface area contributed by atoms with Gasteiger partial charge in [0.25, 0.3) is 0 Å². The van der Waals surface area contributed by atoms with Crippen molar-refractivity contribution in [3.05, 3.63) is 130 Å². The molecule has 78 heavy (non-hydrogen) atoms. The lowest BCUT2D eigenvalue weighted by Gasteiger charge is -2.36. The van der Waals surface area contributed by atoms with Crippen LogP contribution in [0.5, 0.6) is 11.5 Å². The summed E-state index contributed by atoms with van der Waals surface area (Å²) in [5, 5.41) is 11.4. The number of halogens is 4. The highest BCUT2D eigenvalue weighted by molar-refractivity contribution is 14.1. The summed E-state index contributed by atoms with van der Waals surface area (Å²) in [5.41, 5.74) is 7.74. The molecule has 3 aliphatic rings. The predicted molar refractivity (Wildman–Crippen MR) is 345 cm³/mol. The van der Waals surface area contributed by atoms with Crippen molar-refractivity contribution in [3.8, 4) is 11.5 Å². The number of alkyl halides is 4. The van der Waals surface area contributed by atoms with Crippen molar-refractivity contribution >= 4 is 136 Å². The van der Waals surface area contributed by atoms with Gasteiger partial charge >= 0.3 is 11.9 Å². The monoisotopic (exact) mass is 1300 g/mol. The fourth-order valence-corrected chi connectivity index (χ4v) is 13.1. The summed E-state index contributed by atoms with van der Waals surface area (Å²) in [6.45, 7) is 9.84. The molecule has 10 nitrogen and oxygen atoms in total. The Balaban J connectivity index is 0.000000254. The van der Waals surface area contributed by atoms with Crippen LogP contribution < -0.4 is 9.47 Å². The predicted octanol–water partition coefficient (Wildman–Crippen LogP) is 14.6. The second-order valence-corrected chi connectivity index (χ2v) is 27.9. The first-order chi connectivity index (χ1) is 37.1. The first-order valence-corrected chi connectivity index (χ1v) is 35.3. The van der Waals surface area contributed by atoms with Gasteiger partial charge in [0, 0.05) is 58.4 Å². The standard InChI is InChI=1S/C25H25NO4.C24H25NO4.2C4H10ClS.C3H7ClS.CH3I/c1-24(2)14-25(10-11-25)22(27)21-20(24)18-12-16(23(28)29)6-9-19(18)26(21)13-15-4-7-17(30-3)8-5-15;1-24(2)12-11-20(26)22-21(24)18-13-16(23(27)29-4)7-10-19(18)25(22)14-15-5-8-17(28-3)9-6-15;2*1-6(2)4-3-5;1-5-3-2-4;1-2/h4-9,12H,10-11,13-14H2,1-3H3,(H,28,29);5-10,13H,11-12,14H2,1-4H3;2*3-4H2,1-2H3;2-3H2,1H3;1H3/q;;2*+1;;. The van der Waals surface area contributed by atoms with Crippen molar-refractivity contribution in [2.75, 3.05) is 92.4 Å². The summed E-state index contributed by atoms with van der Waals surface area (Å²) in [7, 11) is 5.77. The van der Waals surface area contributed by atoms with Crippen molar-refractivity contribution in [3.63, 3.8) is 0 Å². The Labute approximate surface area is 502 Å². The number of hydrogen-bond donors (Lipinski definition) is 1. The van der Waals surface area contributed by atoms with Crippen LogP contribution in [0.4, 0.5) is 0 Å². The van der Waals surface area contributed by atoms with Crippen molar-refractivity contribution in [2.45, 2.75) is 83.7 Å². The molecule has 3 aliphatic carbocycles. The molecule has 1 fully saturated rings. The van der Waals surface area contributed by atoms with Gasteiger partial charge in [0.15, 0.2) is 11.6 Å². The number of aromatic carboxylic acids is 1. The average Bonchev–Trinajstić information content (AvgIpc) is 4.24. The minimum atomic E-state index is -0.952. The highest BCUT2D eigenvalue weighted by Gasteiger charge is 2.58. The largest absolute Gasteiger partial charge is 0.497 e. The molecule has 4 aromatic carbocycles. The van der Waals surface area contributed by atoms with Gasteiger partial charge in [-0.05, 0) is 152 Å². The summed E-state index contributed by atoms with van der Waals surface area (Å²) in [5.74, 6) is 6.46. The number of rotatable bonds is 14. The summed E-state index contributed by atoms with van der Waals surface area (Å²) < 4.78 is 19.6. The first-order valence-electron chi connectivity index (χ1n) is 25.7. The third-order valence-electron chi connectivity index (χ3n) is 14.0. The van der Waals surface area contributed by atoms with Crippen LogP contribution >= 0.6 is 69.2 Å². The van der Waals surface area contributed by atoms with Crippen molar-refractivity contribution in [1.82, 2.24) is 9.13 Å². The number of ether oxygens (including phenoxy) is 3. The third kappa shape index (κ3) is 17.0. The number of nitrogens with zero attached hydrogens (tertiary/aromatic N) is 2. The van der Waals surface area contributed by atoms with Gasteiger partial charge in [0.1, 0.15) is 23.0 Å². The Kier molecular flexibility index (Phi) is 26.7. The number of carbonyl (C=O) groups is 4. The maximum atomic E-state index is 13.6. The minimum Gasteiger partial charge on any atom is -0.497 e. The quantitative estimate of drug-likeness (QED) is 0.0491. The number of thioether (sulfide) groups is 1. The highest BCUT2D eigenvalue weighted by atomic mass is 127. The van der Waals surface area contributed by atoms with Gasteiger partial charge in [-0.25, -0.2) is 9.59 Å². The lowest BCUT2D eigenvalue weighted by atomic mass is 9.67. The van der Waals surface area contributed by atoms with E-state index in [1.54, 1.807) is 44.2 Å². The van der Waals surface area contributed by atoms with Crippen LogP contribution in [0.25, 0.3) is 21.8 Å². The zero-order valence-electron chi connectivity index (χ0n) is 47.7. The molecular weight excluding hydrogens is 1220 g/mol. The number of methoxy groups -OCH3 is 3. The number of aromatic nitrogens is 2. The van der Waals surface area contributed by atoms with Crippen molar-refractivity contribution in [2.24, 2.45) is 5.41 Å². The Morgan fingerprint density at radius 2 is 1.10 bits per heavy atom. The van der Waals surface area contributed by atoms with Crippen molar-refractivity contribution in [1.29, 1.82) is 0 Å². The molecule has 1 N–H and O–H groups in total. The molecule has 0 aliphatic heterocycles. The Bertz CT molecular complexity index is 2940. The first kappa shape index (κ1) is 67.0. The average molecular weight is 1300 g/mol. The molecule has 2 aromatic heterocycles. The van der Waals surface area contributed by atoms with E-state index in [9.17, 15) is 24.3 Å². The van der Waals surface area contributed by atoms with Crippen LogP contribution in [-0.4, -0.2) is 130 Å². The summed E-state index contributed by atoms with van der Waals surface area (Å²) in [4.78, 5) is 52.3. The fraction of sp³-hybridized carbons (Fsp3) is 0.475. The van der Waals surface area contributed by atoms with Crippen LogP contribution in [0.3, 0.4) is 0 Å². The topological polar surface area (TPSA) is 126 Å². The molecule has 0 atom stereocenters. The number of carboxylic acid groups (broad SMARTS) is 1. The van der Waals surface area contributed by atoms with Crippen LogP contribution in [0, 0.1) is 5.41 Å². The van der Waals surface area contributed by atoms with E-state index >= 15 is 0 Å². The summed E-state index contributed by atoms with van der Waals surface area (Å²) in [6.07, 6.45) is 14.9. The molecule has 1 saturated carbocycles. The van der Waals surface area contributed by atoms with Gasteiger partial charge in [-0.2, -0.15) is 11.8 Å². The lowest BCUT2D eigenvalue weighted by molar-refractivity contribution is 0.0599. The minimum absolute atomic E-state index is 0.151. The molecule has 0 amide bonds. The van der Waals surface area contributed by atoms with Crippen LogP contribution in [0.2, 0.25) is 0 Å². The van der Waals surface area contributed by atoms with Gasteiger partial charge < -0.3 is 28.5 Å². The third-order valence-corrected chi connectivity index (χ3v) is 17.9. The van der Waals surface area contributed by atoms with Crippen LogP contribution in [0.1, 0.15) is 124 Å². The van der Waals surface area contributed by atoms with Crippen LogP contribution in [0.15, 0.2) is 84.9 Å². The molecule has 1 spiro atoms. The van der Waals surface area contributed by atoms with Crippen molar-refractivity contribution < 1.29 is 38.5 Å². The molecule has 0 saturated heterocycles. The number of Topliss-reactive ketones (excluding diaryl/α,β-unsaturated/α-hetero) is 2. The van der Waals surface area contributed by atoms with E-state index in [0.29, 0.717) is 46.9 Å². The number of ketones is 2. The molecule has 426 valence electrons. The number of hydrogen-bond acceptors (Lipinski definition) is 8. The van der Waals surface area contributed by atoms with E-state index in [1.165, 1.54) is 18.6 Å². The second kappa shape index (κ2) is 31.1. The summed E-state index contributed by atoms with van der Waals surface area (Å²) >= 11 is 20.0. The van der Waals surface area contributed by atoms with E-state index in [2.05, 4.69) is 84.4 Å². The highest BCUT2D eigenvalue weighted by Crippen LogP contribution is 2.61. The number of esters is 1. The van der Waals surface area contributed by atoms with Gasteiger partial charge in [-0.15, -0.1) is 34.8 Å². The zero-order valence-corrected chi connectivity index (χ0v) is 54.6. The number of carboxylic acids is 1. The molecule has 2 heterocycles. The summed E-state index contributed by atoms with van der Waals surface area (Å²) in [6, 6.07) is 26.5. The van der Waals surface area contributed by atoms with E-state index < -0.39 is 5.97 Å². The van der Waals surface area contributed by atoms with Gasteiger partial charge in [0.05, 0.1) is 80.6 Å². The van der Waals surface area contributed by atoms with Crippen LogP contribution in [-0.2, 0) is 50.4 Å². The zero-order chi connectivity index (χ0) is 58.1.